The van der Waals surface area contributed by atoms with E-state index in [1.165, 1.54) is 24.3 Å². The van der Waals surface area contributed by atoms with Gasteiger partial charge in [-0.1, -0.05) is 52.8 Å². The number of hydrogen-bond acceptors (Lipinski definition) is 5. The second-order valence-corrected chi connectivity index (χ2v) is 13.0. The van der Waals surface area contributed by atoms with Crippen LogP contribution in [-0.2, 0) is 10.0 Å². The standard InChI is InChI=1S/C30H35FN2O4S/c1-19(2)18-37-23-15-21(14-22(31)16-23)27-12-11-25(28(32-27)26-13-20(3)17-30(26,4)5)29(34)33-38(35,36)24-9-7-6-8-10-24/h6-12,14-16,19-20,26H,13,17-18H2,1-5H3,(H,33,34)/t20-,26?/m1/s1. The Kier molecular flexibility index (Phi) is 7.93. The van der Waals surface area contributed by atoms with Crippen molar-refractivity contribution < 1.29 is 22.3 Å². The Bertz CT molecular complexity index is 1420. The highest BCUT2D eigenvalue weighted by Crippen LogP contribution is 2.52. The lowest BCUT2D eigenvalue weighted by molar-refractivity contribution is 0.0978. The fraction of sp³-hybridized carbons (Fsp3) is 0.400. The molecule has 0 radical (unpaired) electrons. The van der Waals surface area contributed by atoms with Crippen molar-refractivity contribution in [2.45, 2.75) is 58.3 Å². The number of rotatable bonds is 8. The zero-order valence-electron chi connectivity index (χ0n) is 22.5. The Morgan fingerprint density at radius 3 is 2.47 bits per heavy atom. The second-order valence-electron chi connectivity index (χ2n) is 11.3. The molecule has 1 aliphatic rings. The minimum absolute atomic E-state index is 0.00276. The molecule has 0 aliphatic heterocycles. The zero-order chi connectivity index (χ0) is 27.7. The number of aromatic nitrogens is 1. The maximum Gasteiger partial charge on any atom is 0.266 e. The van der Waals surface area contributed by atoms with Crippen LogP contribution in [0.4, 0.5) is 4.39 Å². The van der Waals surface area contributed by atoms with Gasteiger partial charge in [0.25, 0.3) is 15.9 Å². The molecule has 1 unspecified atom stereocenters. The van der Waals surface area contributed by atoms with Gasteiger partial charge in [0.05, 0.1) is 28.5 Å². The van der Waals surface area contributed by atoms with Crippen molar-refractivity contribution in [1.82, 2.24) is 9.71 Å². The van der Waals surface area contributed by atoms with Crippen LogP contribution in [0.15, 0.2) is 65.6 Å². The van der Waals surface area contributed by atoms with Crippen molar-refractivity contribution in [3.63, 3.8) is 0 Å². The third-order valence-corrected chi connectivity index (χ3v) is 8.33. The highest BCUT2D eigenvalue weighted by Gasteiger charge is 2.42. The van der Waals surface area contributed by atoms with E-state index in [0.717, 1.165) is 12.8 Å². The van der Waals surface area contributed by atoms with Crippen LogP contribution >= 0.6 is 0 Å². The van der Waals surface area contributed by atoms with Crippen molar-refractivity contribution in [3.05, 3.63) is 77.7 Å². The summed E-state index contributed by atoms with van der Waals surface area (Å²) in [7, 11) is -4.07. The minimum atomic E-state index is -4.07. The Morgan fingerprint density at radius 2 is 1.84 bits per heavy atom. The second kappa shape index (κ2) is 10.8. The van der Waals surface area contributed by atoms with Crippen molar-refractivity contribution in [2.75, 3.05) is 6.61 Å². The molecule has 0 bridgehead atoms. The molecule has 0 spiro atoms. The molecule has 2 atom stereocenters. The van der Waals surface area contributed by atoms with E-state index in [-0.39, 0.29) is 27.7 Å². The number of pyridine rings is 1. The van der Waals surface area contributed by atoms with Crippen molar-refractivity contribution >= 4 is 15.9 Å². The largest absolute Gasteiger partial charge is 0.493 e. The van der Waals surface area contributed by atoms with Crippen LogP contribution in [0.1, 0.15) is 69.4 Å². The number of benzene rings is 2. The van der Waals surface area contributed by atoms with Gasteiger partial charge in [-0.2, -0.15) is 0 Å². The number of carbonyl (C=O) groups excluding carboxylic acids is 1. The zero-order valence-corrected chi connectivity index (χ0v) is 23.3. The van der Waals surface area contributed by atoms with Crippen LogP contribution in [0, 0.1) is 23.1 Å². The summed E-state index contributed by atoms with van der Waals surface area (Å²) >= 11 is 0. The summed E-state index contributed by atoms with van der Waals surface area (Å²) < 4.78 is 48.3. The molecule has 3 aromatic rings. The molecule has 1 aliphatic carbocycles. The molecule has 1 fully saturated rings. The molecule has 1 aromatic heterocycles. The van der Waals surface area contributed by atoms with E-state index in [4.69, 9.17) is 9.72 Å². The van der Waals surface area contributed by atoms with E-state index < -0.39 is 21.7 Å². The molecule has 2 aromatic carbocycles. The topological polar surface area (TPSA) is 85.4 Å². The van der Waals surface area contributed by atoms with Gasteiger partial charge in [-0.05, 0) is 66.5 Å². The number of nitrogens with one attached hydrogen (secondary N) is 1. The van der Waals surface area contributed by atoms with Crippen LogP contribution in [0.5, 0.6) is 5.75 Å². The van der Waals surface area contributed by atoms with Crippen molar-refractivity contribution in [1.29, 1.82) is 0 Å². The van der Waals surface area contributed by atoms with Crippen molar-refractivity contribution in [3.8, 4) is 17.0 Å². The molecule has 1 saturated carbocycles. The summed E-state index contributed by atoms with van der Waals surface area (Å²) in [5.41, 5.74) is 1.58. The van der Waals surface area contributed by atoms with Gasteiger partial charge in [-0.3, -0.25) is 9.78 Å². The maximum atomic E-state index is 14.5. The lowest BCUT2D eigenvalue weighted by Gasteiger charge is -2.28. The number of hydrogen-bond donors (Lipinski definition) is 1. The van der Waals surface area contributed by atoms with Crippen LogP contribution < -0.4 is 9.46 Å². The molecule has 6 nitrogen and oxygen atoms in total. The number of halogens is 1. The number of sulfonamides is 1. The third kappa shape index (κ3) is 6.23. The van der Waals surface area contributed by atoms with Crippen LogP contribution in [0.2, 0.25) is 0 Å². The Morgan fingerprint density at radius 1 is 1.13 bits per heavy atom. The number of ether oxygens (including phenoxy) is 1. The van der Waals surface area contributed by atoms with E-state index in [1.54, 1.807) is 36.4 Å². The van der Waals surface area contributed by atoms with Gasteiger partial charge in [0, 0.05) is 17.5 Å². The summed E-state index contributed by atoms with van der Waals surface area (Å²) in [5.74, 6) is -0.170. The van der Waals surface area contributed by atoms with Gasteiger partial charge in [-0.15, -0.1) is 0 Å². The highest BCUT2D eigenvalue weighted by atomic mass is 32.2. The average Bonchev–Trinajstić information content (AvgIpc) is 3.13. The van der Waals surface area contributed by atoms with Gasteiger partial charge in [0.1, 0.15) is 11.6 Å². The van der Waals surface area contributed by atoms with Gasteiger partial charge in [0.2, 0.25) is 0 Å². The number of nitrogens with zero attached hydrogens (tertiary/aromatic N) is 1. The normalized spacial score (nSPS) is 18.9. The van der Waals surface area contributed by atoms with Crippen LogP contribution in [0.3, 0.4) is 0 Å². The molecule has 202 valence electrons. The highest BCUT2D eigenvalue weighted by molar-refractivity contribution is 7.90. The van der Waals surface area contributed by atoms with Crippen LogP contribution in [-0.4, -0.2) is 25.9 Å². The predicted octanol–water partition coefficient (Wildman–Crippen LogP) is 6.58. The van der Waals surface area contributed by atoms with Gasteiger partial charge < -0.3 is 4.74 Å². The molecule has 4 rings (SSSR count). The summed E-state index contributed by atoms with van der Waals surface area (Å²) in [6, 6.07) is 15.4. The van der Waals surface area contributed by atoms with Gasteiger partial charge >= 0.3 is 0 Å². The molecule has 38 heavy (non-hydrogen) atoms. The number of carbonyl (C=O) groups is 1. The molecule has 1 amide bonds. The molecule has 1 heterocycles. The first-order chi connectivity index (χ1) is 17.9. The van der Waals surface area contributed by atoms with Gasteiger partial charge in [0.15, 0.2) is 0 Å². The first kappa shape index (κ1) is 27.8. The maximum absolute atomic E-state index is 14.5. The fourth-order valence-electron chi connectivity index (χ4n) is 5.31. The summed E-state index contributed by atoms with van der Waals surface area (Å²) in [6.45, 7) is 10.9. The summed E-state index contributed by atoms with van der Waals surface area (Å²) in [4.78, 5) is 18.3. The molecule has 8 heteroatoms. The monoisotopic (exact) mass is 538 g/mol. The van der Waals surface area contributed by atoms with E-state index in [0.29, 0.717) is 35.2 Å². The third-order valence-electron chi connectivity index (χ3n) is 6.99. The van der Waals surface area contributed by atoms with E-state index in [1.807, 2.05) is 13.8 Å². The molecular formula is C30H35FN2O4S. The van der Waals surface area contributed by atoms with Gasteiger partial charge in [-0.25, -0.2) is 17.5 Å². The minimum Gasteiger partial charge on any atom is -0.493 e. The average molecular weight is 539 g/mol. The van der Waals surface area contributed by atoms with E-state index in [2.05, 4.69) is 25.5 Å². The molecule has 0 saturated heterocycles. The van der Waals surface area contributed by atoms with Crippen LogP contribution in [0.25, 0.3) is 11.3 Å². The quantitative estimate of drug-likeness (QED) is 0.350. The smallest absolute Gasteiger partial charge is 0.266 e. The first-order valence-corrected chi connectivity index (χ1v) is 14.4. The van der Waals surface area contributed by atoms with E-state index >= 15 is 0 Å². The van der Waals surface area contributed by atoms with E-state index in [9.17, 15) is 17.6 Å². The summed E-state index contributed by atoms with van der Waals surface area (Å²) in [5, 5.41) is 0. The first-order valence-electron chi connectivity index (χ1n) is 12.9. The summed E-state index contributed by atoms with van der Waals surface area (Å²) in [6.07, 6.45) is 1.75. The molecular weight excluding hydrogens is 503 g/mol. The number of amides is 1. The fourth-order valence-corrected chi connectivity index (χ4v) is 6.30. The Balaban J connectivity index is 1.76. The molecule has 1 N–H and O–H groups in total. The Hall–Kier alpha value is -3.26. The predicted molar refractivity (Wildman–Crippen MR) is 146 cm³/mol. The SMILES string of the molecule is CC(C)COc1cc(F)cc(-c2ccc(C(=O)NS(=O)(=O)c3ccccc3)c(C3C[C@@H](C)CC3(C)C)n2)c1. The van der Waals surface area contributed by atoms with Crippen molar-refractivity contribution in [2.24, 2.45) is 17.3 Å². The lowest BCUT2D eigenvalue weighted by Crippen LogP contribution is -2.32. The lowest BCUT2D eigenvalue weighted by atomic mass is 9.78. The Labute approximate surface area is 224 Å².